The van der Waals surface area contributed by atoms with Crippen molar-refractivity contribution in [3.63, 3.8) is 0 Å². The van der Waals surface area contributed by atoms with E-state index < -0.39 is 0 Å². The molecule has 0 aliphatic carbocycles. The third-order valence-electron chi connectivity index (χ3n) is 4.09. The van der Waals surface area contributed by atoms with E-state index >= 15 is 0 Å². The van der Waals surface area contributed by atoms with Gasteiger partial charge in [0.25, 0.3) is 0 Å². The standard InChI is InChI=1S/C18H24N2/c1-12-10-13(2)17(14(3)11-12)18(19-5)15(4)16-6-8-20-9-7-16/h6-11,15,18-19H,1-5H3. The molecule has 0 radical (unpaired) electrons. The quantitative estimate of drug-likeness (QED) is 0.904. The number of hydrogen-bond donors (Lipinski definition) is 1. The molecule has 20 heavy (non-hydrogen) atoms. The van der Waals surface area contributed by atoms with Gasteiger partial charge in [0, 0.05) is 24.4 Å². The molecule has 2 atom stereocenters. The van der Waals surface area contributed by atoms with Crippen molar-refractivity contribution >= 4 is 0 Å². The Labute approximate surface area is 122 Å². The van der Waals surface area contributed by atoms with E-state index in [0.717, 1.165) is 0 Å². The summed E-state index contributed by atoms with van der Waals surface area (Å²) in [6.45, 7) is 8.84. The van der Waals surface area contributed by atoms with Crippen LogP contribution in [0.15, 0.2) is 36.7 Å². The van der Waals surface area contributed by atoms with Gasteiger partial charge in [0.05, 0.1) is 0 Å². The summed E-state index contributed by atoms with van der Waals surface area (Å²) in [4.78, 5) is 4.11. The molecular formula is C18H24N2. The first kappa shape index (κ1) is 14.7. The van der Waals surface area contributed by atoms with E-state index in [4.69, 9.17) is 0 Å². The molecule has 1 N–H and O–H groups in total. The van der Waals surface area contributed by atoms with Crippen molar-refractivity contribution < 1.29 is 0 Å². The number of aryl methyl sites for hydroxylation is 3. The van der Waals surface area contributed by atoms with Crippen LogP contribution in [-0.4, -0.2) is 12.0 Å². The Hall–Kier alpha value is -1.67. The van der Waals surface area contributed by atoms with Crippen LogP contribution in [0.5, 0.6) is 0 Å². The van der Waals surface area contributed by atoms with Crippen molar-refractivity contribution in [1.29, 1.82) is 0 Å². The highest BCUT2D eigenvalue weighted by Gasteiger charge is 2.22. The Morgan fingerprint density at radius 1 is 1.00 bits per heavy atom. The summed E-state index contributed by atoms with van der Waals surface area (Å²) in [6.07, 6.45) is 3.74. The second-order valence-electron chi connectivity index (χ2n) is 5.65. The van der Waals surface area contributed by atoms with Crippen LogP contribution in [0.1, 0.15) is 46.7 Å². The molecule has 1 heterocycles. The van der Waals surface area contributed by atoms with Crippen LogP contribution in [0, 0.1) is 20.8 Å². The molecule has 0 saturated heterocycles. The lowest BCUT2D eigenvalue weighted by atomic mass is 9.84. The van der Waals surface area contributed by atoms with Crippen molar-refractivity contribution in [2.24, 2.45) is 0 Å². The van der Waals surface area contributed by atoms with E-state index in [-0.39, 0.29) is 0 Å². The molecule has 0 spiro atoms. The predicted molar refractivity (Wildman–Crippen MR) is 85.1 cm³/mol. The molecule has 1 aromatic heterocycles. The number of nitrogens with one attached hydrogen (secondary N) is 1. The lowest BCUT2D eigenvalue weighted by Crippen LogP contribution is -2.24. The predicted octanol–water partition coefficient (Wildman–Crippen LogP) is 4.07. The van der Waals surface area contributed by atoms with Gasteiger partial charge in [-0.25, -0.2) is 0 Å². The van der Waals surface area contributed by atoms with E-state index in [9.17, 15) is 0 Å². The van der Waals surface area contributed by atoms with Gasteiger partial charge < -0.3 is 5.32 Å². The van der Waals surface area contributed by atoms with E-state index in [1.807, 2.05) is 19.4 Å². The van der Waals surface area contributed by atoms with E-state index in [1.165, 1.54) is 27.8 Å². The number of hydrogen-bond acceptors (Lipinski definition) is 2. The number of rotatable bonds is 4. The van der Waals surface area contributed by atoms with Gasteiger partial charge in [0.2, 0.25) is 0 Å². The molecule has 0 aliphatic heterocycles. The van der Waals surface area contributed by atoms with Gasteiger partial charge in [-0.05, 0) is 62.2 Å². The molecule has 0 amide bonds. The molecule has 2 nitrogen and oxygen atoms in total. The van der Waals surface area contributed by atoms with Crippen LogP contribution in [-0.2, 0) is 0 Å². The molecule has 2 unspecified atom stereocenters. The van der Waals surface area contributed by atoms with Gasteiger partial charge in [0.15, 0.2) is 0 Å². The van der Waals surface area contributed by atoms with Gasteiger partial charge in [0.1, 0.15) is 0 Å². The maximum atomic E-state index is 4.11. The normalized spacial score (nSPS) is 14.1. The van der Waals surface area contributed by atoms with Gasteiger partial charge in [-0.3, -0.25) is 4.98 Å². The fourth-order valence-electron chi connectivity index (χ4n) is 3.19. The van der Waals surface area contributed by atoms with Crippen LogP contribution in [0.25, 0.3) is 0 Å². The van der Waals surface area contributed by atoms with Crippen molar-refractivity contribution in [3.8, 4) is 0 Å². The fourth-order valence-corrected chi connectivity index (χ4v) is 3.19. The van der Waals surface area contributed by atoms with Crippen molar-refractivity contribution in [3.05, 3.63) is 64.5 Å². The first-order valence-corrected chi connectivity index (χ1v) is 7.19. The van der Waals surface area contributed by atoms with Crippen molar-refractivity contribution in [2.45, 2.75) is 39.7 Å². The van der Waals surface area contributed by atoms with Crippen LogP contribution in [0.2, 0.25) is 0 Å². The number of aromatic nitrogens is 1. The molecule has 106 valence electrons. The minimum atomic E-state index is 0.318. The summed E-state index contributed by atoms with van der Waals surface area (Å²) in [5.74, 6) is 0.406. The Balaban J connectivity index is 2.43. The Morgan fingerprint density at radius 2 is 1.55 bits per heavy atom. The Kier molecular flexibility index (Phi) is 4.56. The summed E-state index contributed by atoms with van der Waals surface area (Å²) in [5, 5.41) is 3.50. The average molecular weight is 268 g/mol. The maximum Gasteiger partial charge on any atom is 0.0389 e. The molecule has 2 aromatic rings. The highest BCUT2D eigenvalue weighted by Crippen LogP contribution is 2.34. The molecule has 2 heteroatoms. The molecule has 0 saturated carbocycles. The zero-order chi connectivity index (χ0) is 14.7. The monoisotopic (exact) mass is 268 g/mol. The van der Waals surface area contributed by atoms with Crippen LogP contribution in [0.4, 0.5) is 0 Å². The summed E-state index contributed by atoms with van der Waals surface area (Å²) in [7, 11) is 2.04. The zero-order valence-electron chi connectivity index (χ0n) is 13.1. The second-order valence-corrected chi connectivity index (χ2v) is 5.65. The molecule has 0 bridgehead atoms. The van der Waals surface area contributed by atoms with Crippen molar-refractivity contribution in [2.75, 3.05) is 7.05 Å². The highest BCUT2D eigenvalue weighted by molar-refractivity contribution is 5.41. The van der Waals surface area contributed by atoms with Crippen LogP contribution in [0.3, 0.4) is 0 Å². The molecular weight excluding hydrogens is 244 g/mol. The third-order valence-corrected chi connectivity index (χ3v) is 4.09. The zero-order valence-corrected chi connectivity index (χ0v) is 13.1. The van der Waals surface area contributed by atoms with Gasteiger partial charge in [-0.2, -0.15) is 0 Å². The first-order chi connectivity index (χ1) is 9.54. The van der Waals surface area contributed by atoms with E-state index in [0.29, 0.717) is 12.0 Å². The SMILES string of the molecule is CNC(c1c(C)cc(C)cc1C)C(C)c1ccncc1. The third kappa shape index (κ3) is 2.91. The average Bonchev–Trinajstić information content (AvgIpc) is 2.43. The van der Waals surface area contributed by atoms with Crippen LogP contribution < -0.4 is 5.32 Å². The van der Waals surface area contributed by atoms with E-state index in [1.54, 1.807) is 0 Å². The topological polar surface area (TPSA) is 24.9 Å². The summed E-state index contributed by atoms with van der Waals surface area (Å²) >= 11 is 0. The van der Waals surface area contributed by atoms with Gasteiger partial charge in [-0.1, -0.05) is 24.6 Å². The first-order valence-electron chi connectivity index (χ1n) is 7.19. The second kappa shape index (κ2) is 6.19. The Bertz CT molecular complexity index is 552. The lowest BCUT2D eigenvalue weighted by Gasteiger charge is -2.28. The maximum absolute atomic E-state index is 4.11. The number of likely N-dealkylation sites (N-methyl/N-ethyl adjacent to an activating group) is 1. The molecule has 1 aromatic carbocycles. The number of nitrogens with zero attached hydrogens (tertiary/aromatic N) is 1. The number of pyridine rings is 1. The summed E-state index contributed by atoms with van der Waals surface area (Å²) in [5.41, 5.74) is 6.79. The fraction of sp³-hybridized carbons (Fsp3) is 0.389. The number of benzene rings is 1. The Morgan fingerprint density at radius 3 is 2.05 bits per heavy atom. The molecule has 2 rings (SSSR count). The summed E-state index contributed by atoms with van der Waals surface area (Å²) < 4.78 is 0. The van der Waals surface area contributed by atoms with Gasteiger partial charge in [-0.15, -0.1) is 0 Å². The minimum absolute atomic E-state index is 0.318. The highest BCUT2D eigenvalue weighted by atomic mass is 14.9. The van der Waals surface area contributed by atoms with Crippen molar-refractivity contribution in [1.82, 2.24) is 10.3 Å². The van der Waals surface area contributed by atoms with Crippen LogP contribution >= 0.6 is 0 Å². The molecule has 0 aliphatic rings. The largest absolute Gasteiger partial charge is 0.312 e. The minimum Gasteiger partial charge on any atom is -0.312 e. The molecule has 0 fully saturated rings. The smallest absolute Gasteiger partial charge is 0.0389 e. The van der Waals surface area contributed by atoms with Gasteiger partial charge >= 0.3 is 0 Å². The lowest BCUT2D eigenvalue weighted by molar-refractivity contribution is 0.503. The summed E-state index contributed by atoms with van der Waals surface area (Å²) in [6, 6.07) is 9.07. The van der Waals surface area contributed by atoms with E-state index in [2.05, 4.69) is 62.3 Å².